The van der Waals surface area contributed by atoms with Gasteiger partial charge in [0.15, 0.2) is 0 Å². The maximum Gasteiger partial charge on any atom is 0.228 e. The normalized spacial score (nSPS) is 18.1. The van der Waals surface area contributed by atoms with E-state index in [-0.39, 0.29) is 18.4 Å². The summed E-state index contributed by atoms with van der Waals surface area (Å²) in [4.78, 5) is 12.5. The zero-order chi connectivity index (χ0) is 19.4. The fourth-order valence-electron chi connectivity index (χ4n) is 3.05. The van der Waals surface area contributed by atoms with Crippen LogP contribution in [0.15, 0.2) is 48.5 Å². The van der Waals surface area contributed by atoms with E-state index in [4.69, 9.17) is 4.74 Å². The maximum atomic E-state index is 12.5. The number of ether oxygens (including phenoxy) is 1. The molecule has 0 saturated carbocycles. The summed E-state index contributed by atoms with van der Waals surface area (Å²) in [6.07, 6.45) is 2.56. The number of rotatable bonds is 5. The topological polar surface area (TPSA) is 75.7 Å². The highest BCUT2D eigenvalue weighted by molar-refractivity contribution is 7.88. The summed E-state index contributed by atoms with van der Waals surface area (Å²) < 4.78 is 30.5. The number of piperidine rings is 1. The van der Waals surface area contributed by atoms with Gasteiger partial charge < -0.3 is 10.1 Å². The zero-order valence-corrected chi connectivity index (χ0v) is 16.3. The number of nitrogens with zero attached hydrogens (tertiary/aromatic N) is 1. The molecule has 0 aliphatic carbocycles. The Morgan fingerprint density at radius 1 is 1.07 bits per heavy atom. The van der Waals surface area contributed by atoms with Crippen molar-refractivity contribution in [3.63, 3.8) is 0 Å². The van der Waals surface area contributed by atoms with Crippen LogP contribution in [0.4, 0.5) is 5.69 Å². The molecule has 1 atom stereocenters. The van der Waals surface area contributed by atoms with Crippen LogP contribution in [0, 0.1) is 12.8 Å². The van der Waals surface area contributed by atoms with Gasteiger partial charge in [0.1, 0.15) is 11.5 Å². The third-order valence-electron chi connectivity index (χ3n) is 4.60. The lowest BCUT2D eigenvalue weighted by molar-refractivity contribution is -0.120. The average Bonchev–Trinajstić information content (AvgIpc) is 2.64. The van der Waals surface area contributed by atoms with Gasteiger partial charge in [-0.25, -0.2) is 12.7 Å². The van der Waals surface area contributed by atoms with Crippen LogP contribution in [0.3, 0.4) is 0 Å². The molecule has 0 spiro atoms. The van der Waals surface area contributed by atoms with E-state index in [2.05, 4.69) is 5.32 Å². The van der Waals surface area contributed by atoms with E-state index in [1.807, 2.05) is 31.2 Å². The Morgan fingerprint density at radius 3 is 2.26 bits per heavy atom. The minimum Gasteiger partial charge on any atom is -0.457 e. The summed E-state index contributed by atoms with van der Waals surface area (Å²) in [5, 5.41) is 2.87. The van der Waals surface area contributed by atoms with Crippen molar-refractivity contribution in [2.24, 2.45) is 5.92 Å². The van der Waals surface area contributed by atoms with E-state index in [0.717, 1.165) is 11.3 Å². The van der Waals surface area contributed by atoms with E-state index in [0.29, 0.717) is 30.8 Å². The molecule has 7 heteroatoms. The summed E-state index contributed by atoms with van der Waals surface area (Å²) in [5.74, 6) is 0.936. The van der Waals surface area contributed by atoms with E-state index < -0.39 is 10.0 Å². The van der Waals surface area contributed by atoms with Crippen LogP contribution >= 0.6 is 0 Å². The Morgan fingerprint density at radius 2 is 1.67 bits per heavy atom. The number of carbonyl (C=O) groups excluding carboxylic acids is 1. The third kappa shape index (κ3) is 5.30. The van der Waals surface area contributed by atoms with Gasteiger partial charge in [-0.15, -0.1) is 0 Å². The van der Waals surface area contributed by atoms with Crippen molar-refractivity contribution in [2.45, 2.75) is 19.8 Å². The van der Waals surface area contributed by atoms with Gasteiger partial charge >= 0.3 is 0 Å². The number of hydrogen-bond acceptors (Lipinski definition) is 4. The van der Waals surface area contributed by atoms with Gasteiger partial charge in [-0.2, -0.15) is 0 Å². The molecule has 1 fully saturated rings. The highest BCUT2D eigenvalue weighted by Gasteiger charge is 2.30. The number of aryl methyl sites for hydroxylation is 1. The fraction of sp³-hybridized carbons (Fsp3) is 0.350. The highest BCUT2D eigenvalue weighted by atomic mass is 32.2. The van der Waals surface area contributed by atoms with Crippen molar-refractivity contribution in [1.29, 1.82) is 0 Å². The van der Waals surface area contributed by atoms with Gasteiger partial charge in [0.05, 0.1) is 12.2 Å². The molecule has 3 rings (SSSR count). The van der Waals surface area contributed by atoms with Crippen molar-refractivity contribution in [3.05, 3.63) is 54.1 Å². The SMILES string of the molecule is Cc1ccc(Oc2ccc(NC(=O)C3CCCN(S(C)(=O)=O)C3)cc2)cc1. The Kier molecular flexibility index (Phi) is 5.82. The maximum absolute atomic E-state index is 12.5. The summed E-state index contributed by atoms with van der Waals surface area (Å²) in [7, 11) is -3.27. The molecule has 1 aliphatic rings. The summed E-state index contributed by atoms with van der Waals surface area (Å²) in [6, 6.07) is 14.9. The number of sulfonamides is 1. The number of nitrogens with one attached hydrogen (secondary N) is 1. The molecule has 1 heterocycles. The molecular weight excluding hydrogens is 364 g/mol. The number of benzene rings is 2. The molecule has 0 bridgehead atoms. The molecular formula is C20H24N2O4S. The van der Waals surface area contributed by atoms with E-state index in [1.54, 1.807) is 24.3 Å². The Bertz CT molecular complexity index is 893. The summed E-state index contributed by atoms with van der Waals surface area (Å²) in [6.45, 7) is 2.73. The van der Waals surface area contributed by atoms with Crippen molar-refractivity contribution in [2.75, 3.05) is 24.7 Å². The first-order chi connectivity index (χ1) is 12.8. The number of anilines is 1. The first kappa shape index (κ1) is 19.4. The lowest BCUT2D eigenvalue weighted by Crippen LogP contribution is -2.43. The Balaban J connectivity index is 1.59. The van der Waals surface area contributed by atoms with E-state index >= 15 is 0 Å². The standard InChI is InChI=1S/C20H24N2O4S/c1-15-5-9-18(10-6-15)26-19-11-7-17(8-12-19)21-20(23)16-4-3-13-22(14-16)27(2,24)25/h5-12,16H,3-4,13-14H2,1-2H3,(H,21,23). The van der Waals surface area contributed by atoms with Gasteiger partial charge in [0, 0.05) is 18.8 Å². The minimum atomic E-state index is -3.27. The molecule has 1 aliphatic heterocycles. The lowest BCUT2D eigenvalue weighted by Gasteiger charge is -2.30. The molecule has 1 amide bonds. The molecule has 0 radical (unpaired) electrons. The largest absolute Gasteiger partial charge is 0.457 e. The fourth-order valence-corrected chi connectivity index (χ4v) is 3.96. The third-order valence-corrected chi connectivity index (χ3v) is 5.87. The lowest BCUT2D eigenvalue weighted by atomic mass is 9.99. The van der Waals surface area contributed by atoms with Gasteiger partial charge in [-0.3, -0.25) is 4.79 Å². The molecule has 1 unspecified atom stereocenters. The predicted molar refractivity (Wildman–Crippen MR) is 105 cm³/mol. The molecule has 2 aromatic rings. The van der Waals surface area contributed by atoms with E-state index in [1.165, 1.54) is 10.6 Å². The molecule has 6 nitrogen and oxygen atoms in total. The monoisotopic (exact) mass is 388 g/mol. The van der Waals surface area contributed by atoms with Gasteiger partial charge in [0.25, 0.3) is 0 Å². The molecule has 0 aromatic heterocycles. The van der Waals surface area contributed by atoms with Crippen LogP contribution in [0.1, 0.15) is 18.4 Å². The summed E-state index contributed by atoms with van der Waals surface area (Å²) in [5.41, 5.74) is 1.82. The number of amides is 1. The van der Waals surface area contributed by atoms with E-state index in [9.17, 15) is 13.2 Å². The molecule has 144 valence electrons. The average molecular weight is 388 g/mol. The Hall–Kier alpha value is -2.38. The first-order valence-corrected chi connectivity index (χ1v) is 10.8. The summed E-state index contributed by atoms with van der Waals surface area (Å²) >= 11 is 0. The molecule has 27 heavy (non-hydrogen) atoms. The van der Waals surface area contributed by atoms with Crippen LogP contribution < -0.4 is 10.1 Å². The van der Waals surface area contributed by atoms with Gasteiger partial charge in [-0.05, 0) is 56.2 Å². The number of hydrogen-bond donors (Lipinski definition) is 1. The molecule has 1 N–H and O–H groups in total. The van der Waals surface area contributed by atoms with Crippen LogP contribution in [-0.4, -0.2) is 38.0 Å². The predicted octanol–water partition coefficient (Wildman–Crippen LogP) is 3.40. The van der Waals surface area contributed by atoms with Crippen molar-refractivity contribution in [3.8, 4) is 11.5 Å². The second kappa shape index (κ2) is 8.10. The van der Waals surface area contributed by atoms with Crippen LogP contribution in [0.25, 0.3) is 0 Å². The molecule has 2 aromatic carbocycles. The van der Waals surface area contributed by atoms with Crippen LogP contribution in [-0.2, 0) is 14.8 Å². The molecule has 1 saturated heterocycles. The smallest absolute Gasteiger partial charge is 0.228 e. The van der Waals surface area contributed by atoms with Gasteiger partial charge in [0.2, 0.25) is 15.9 Å². The van der Waals surface area contributed by atoms with Crippen molar-refractivity contribution < 1.29 is 17.9 Å². The van der Waals surface area contributed by atoms with Gasteiger partial charge in [-0.1, -0.05) is 17.7 Å². The quantitative estimate of drug-likeness (QED) is 0.852. The second-order valence-electron chi connectivity index (χ2n) is 6.89. The van der Waals surface area contributed by atoms with Crippen LogP contribution in [0.2, 0.25) is 0 Å². The number of carbonyl (C=O) groups is 1. The first-order valence-electron chi connectivity index (χ1n) is 8.92. The Labute approximate surface area is 160 Å². The van der Waals surface area contributed by atoms with Crippen molar-refractivity contribution >= 4 is 21.6 Å². The van der Waals surface area contributed by atoms with Crippen molar-refractivity contribution in [1.82, 2.24) is 4.31 Å². The minimum absolute atomic E-state index is 0.157. The zero-order valence-electron chi connectivity index (χ0n) is 15.5. The highest BCUT2D eigenvalue weighted by Crippen LogP contribution is 2.24. The van der Waals surface area contributed by atoms with Crippen LogP contribution in [0.5, 0.6) is 11.5 Å². The second-order valence-corrected chi connectivity index (χ2v) is 8.87.